The van der Waals surface area contributed by atoms with Crippen LogP contribution in [0.5, 0.6) is 5.88 Å². The first-order chi connectivity index (χ1) is 6.92. The number of nitrogens with one attached hydrogen (secondary N) is 1. The quantitative estimate of drug-likeness (QED) is 0.712. The maximum atomic E-state index is 5.19. The minimum Gasteiger partial charge on any atom is -0.479 e. The van der Waals surface area contributed by atoms with Gasteiger partial charge in [0, 0.05) is 26.2 Å². The van der Waals surface area contributed by atoms with Crippen molar-refractivity contribution < 1.29 is 4.74 Å². The Bertz CT molecular complexity index is 299. The minimum atomic E-state index is 0.655. The van der Waals surface area contributed by atoms with E-state index in [0.717, 1.165) is 31.9 Å². The first-order valence-electron chi connectivity index (χ1n) is 4.71. The molecule has 1 saturated heterocycles. The Morgan fingerprint density at radius 2 is 2.21 bits per heavy atom. The molecule has 14 heavy (non-hydrogen) atoms. The van der Waals surface area contributed by atoms with Gasteiger partial charge in [-0.25, -0.2) is 9.97 Å². The Kier molecular flexibility index (Phi) is 2.78. The maximum absolute atomic E-state index is 5.19. The van der Waals surface area contributed by atoms with E-state index in [2.05, 4.69) is 20.2 Å². The van der Waals surface area contributed by atoms with Crippen molar-refractivity contribution in [2.24, 2.45) is 0 Å². The molecule has 5 nitrogen and oxygen atoms in total. The molecule has 0 aromatic carbocycles. The molecule has 0 spiro atoms. The van der Waals surface area contributed by atoms with Crippen LogP contribution < -0.4 is 15.0 Å². The first kappa shape index (κ1) is 9.21. The molecule has 1 aromatic heterocycles. The molecule has 0 saturated carbocycles. The lowest BCUT2D eigenvalue weighted by molar-refractivity contribution is 0.395. The maximum Gasteiger partial charge on any atom is 0.240 e. The fourth-order valence-electron chi connectivity index (χ4n) is 1.59. The number of rotatable bonds is 2. The van der Waals surface area contributed by atoms with Gasteiger partial charge < -0.3 is 15.0 Å². The monoisotopic (exact) mass is 194 g/mol. The van der Waals surface area contributed by atoms with Crippen LogP contribution in [0.25, 0.3) is 0 Å². The van der Waals surface area contributed by atoms with E-state index in [-0.39, 0.29) is 0 Å². The van der Waals surface area contributed by atoms with E-state index in [4.69, 9.17) is 4.74 Å². The summed E-state index contributed by atoms with van der Waals surface area (Å²) < 4.78 is 5.19. The molecular weight excluding hydrogens is 180 g/mol. The molecule has 1 fully saturated rings. The number of nitrogens with zero attached hydrogens (tertiary/aromatic N) is 3. The second kappa shape index (κ2) is 4.23. The van der Waals surface area contributed by atoms with Gasteiger partial charge >= 0.3 is 0 Å². The van der Waals surface area contributed by atoms with Crippen molar-refractivity contribution in [3.8, 4) is 5.88 Å². The molecule has 76 valence electrons. The van der Waals surface area contributed by atoms with E-state index in [1.54, 1.807) is 13.3 Å². The predicted molar refractivity (Wildman–Crippen MR) is 53.7 cm³/mol. The molecule has 1 N–H and O–H groups in total. The molecule has 1 aromatic rings. The minimum absolute atomic E-state index is 0.655. The van der Waals surface area contributed by atoms with E-state index in [9.17, 15) is 0 Å². The fourth-order valence-corrected chi connectivity index (χ4v) is 1.59. The van der Waals surface area contributed by atoms with Crippen molar-refractivity contribution in [2.75, 3.05) is 38.2 Å². The van der Waals surface area contributed by atoms with Crippen LogP contribution in [0, 0.1) is 0 Å². The first-order valence-corrected chi connectivity index (χ1v) is 4.71. The fraction of sp³-hybridized carbons (Fsp3) is 0.556. The highest BCUT2D eigenvalue weighted by molar-refractivity contribution is 5.53. The van der Waals surface area contributed by atoms with Crippen molar-refractivity contribution in [3.05, 3.63) is 12.5 Å². The third-order valence-corrected chi connectivity index (χ3v) is 2.31. The van der Waals surface area contributed by atoms with E-state index < -0.39 is 0 Å². The molecule has 2 heterocycles. The van der Waals surface area contributed by atoms with Gasteiger partial charge in [-0.05, 0) is 0 Å². The highest BCUT2D eigenvalue weighted by Crippen LogP contribution is 2.23. The van der Waals surface area contributed by atoms with Gasteiger partial charge in [-0.15, -0.1) is 0 Å². The van der Waals surface area contributed by atoms with Gasteiger partial charge in [-0.1, -0.05) is 0 Å². The van der Waals surface area contributed by atoms with Crippen LogP contribution >= 0.6 is 0 Å². The summed E-state index contributed by atoms with van der Waals surface area (Å²) in [5, 5.41) is 3.30. The lowest BCUT2D eigenvalue weighted by Crippen LogP contribution is -2.43. The van der Waals surface area contributed by atoms with Gasteiger partial charge in [0.25, 0.3) is 0 Å². The van der Waals surface area contributed by atoms with Crippen LogP contribution in [0.4, 0.5) is 5.69 Å². The standard InChI is InChI=1S/C9H14N4O/c1-14-9-8(6-11-7-12-9)13-4-2-10-3-5-13/h6-7,10H,2-5H2,1H3. The third kappa shape index (κ3) is 1.77. The van der Waals surface area contributed by atoms with Gasteiger partial charge in [0.2, 0.25) is 5.88 Å². The van der Waals surface area contributed by atoms with Crippen molar-refractivity contribution in [3.63, 3.8) is 0 Å². The van der Waals surface area contributed by atoms with Crippen LogP contribution in [-0.4, -0.2) is 43.3 Å². The van der Waals surface area contributed by atoms with Crippen molar-refractivity contribution in [2.45, 2.75) is 0 Å². The summed E-state index contributed by atoms with van der Waals surface area (Å²) in [6.45, 7) is 3.95. The zero-order valence-corrected chi connectivity index (χ0v) is 8.23. The molecule has 0 amide bonds. The van der Waals surface area contributed by atoms with Gasteiger partial charge in [0.15, 0.2) is 0 Å². The van der Waals surface area contributed by atoms with Crippen LogP contribution in [0.15, 0.2) is 12.5 Å². The highest BCUT2D eigenvalue weighted by Gasteiger charge is 2.15. The third-order valence-electron chi connectivity index (χ3n) is 2.31. The van der Waals surface area contributed by atoms with Crippen LogP contribution in [0.2, 0.25) is 0 Å². The molecule has 0 atom stereocenters. The van der Waals surface area contributed by atoms with Gasteiger partial charge in [0.05, 0.1) is 13.3 Å². The Balaban J connectivity index is 2.20. The summed E-state index contributed by atoms with van der Waals surface area (Å²) in [7, 11) is 1.63. The van der Waals surface area contributed by atoms with Gasteiger partial charge in [-0.2, -0.15) is 0 Å². The molecule has 0 radical (unpaired) electrons. The largest absolute Gasteiger partial charge is 0.479 e. The number of methoxy groups -OCH3 is 1. The van der Waals surface area contributed by atoms with Crippen molar-refractivity contribution in [1.82, 2.24) is 15.3 Å². The summed E-state index contributed by atoms with van der Waals surface area (Å²) in [4.78, 5) is 10.3. The number of aromatic nitrogens is 2. The molecule has 1 aliphatic rings. The van der Waals surface area contributed by atoms with Crippen LogP contribution in [0.3, 0.4) is 0 Å². The summed E-state index contributed by atoms with van der Waals surface area (Å²) in [5.41, 5.74) is 0.983. The molecule has 0 bridgehead atoms. The Hall–Kier alpha value is -1.36. The molecule has 5 heteroatoms. The summed E-state index contributed by atoms with van der Waals surface area (Å²) in [6.07, 6.45) is 3.31. The summed E-state index contributed by atoms with van der Waals surface area (Å²) in [6, 6.07) is 0. The molecule has 0 aliphatic carbocycles. The zero-order chi connectivity index (χ0) is 9.80. The number of anilines is 1. The lowest BCUT2D eigenvalue weighted by Gasteiger charge is -2.29. The molecule has 2 rings (SSSR count). The van der Waals surface area contributed by atoms with E-state index >= 15 is 0 Å². The average molecular weight is 194 g/mol. The normalized spacial score (nSPS) is 16.8. The van der Waals surface area contributed by atoms with E-state index in [1.807, 2.05) is 0 Å². The topological polar surface area (TPSA) is 50.3 Å². The second-order valence-corrected chi connectivity index (χ2v) is 3.15. The zero-order valence-electron chi connectivity index (χ0n) is 8.23. The number of piperazine rings is 1. The van der Waals surface area contributed by atoms with Crippen molar-refractivity contribution >= 4 is 5.69 Å². The van der Waals surface area contributed by atoms with Crippen molar-refractivity contribution in [1.29, 1.82) is 0 Å². The number of hydrogen-bond acceptors (Lipinski definition) is 5. The SMILES string of the molecule is COc1ncncc1N1CCNCC1. The Morgan fingerprint density at radius 1 is 1.43 bits per heavy atom. The molecule has 0 unspecified atom stereocenters. The smallest absolute Gasteiger partial charge is 0.240 e. The van der Waals surface area contributed by atoms with Crippen LogP contribution in [-0.2, 0) is 0 Å². The number of ether oxygens (including phenoxy) is 1. The highest BCUT2D eigenvalue weighted by atomic mass is 16.5. The van der Waals surface area contributed by atoms with Gasteiger partial charge in [0.1, 0.15) is 12.0 Å². The number of hydrogen-bond donors (Lipinski definition) is 1. The van der Waals surface area contributed by atoms with Gasteiger partial charge in [-0.3, -0.25) is 0 Å². The van der Waals surface area contributed by atoms with Crippen LogP contribution in [0.1, 0.15) is 0 Å². The van der Waals surface area contributed by atoms with E-state index in [0.29, 0.717) is 5.88 Å². The lowest BCUT2D eigenvalue weighted by atomic mass is 10.3. The summed E-state index contributed by atoms with van der Waals surface area (Å²) >= 11 is 0. The second-order valence-electron chi connectivity index (χ2n) is 3.15. The van der Waals surface area contributed by atoms with E-state index in [1.165, 1.54) is 6.33 Å². The Labute approximate surface area is 83.1 Å². The summed E-state index contributed by atoms with van der Waals surface area (Å²) in [5.74, 6) is 0.655. The molecule has 1 aliphatic heterocycles. The Morgan fingerprint density at radius 3 is 2.93 bits per heavy atom. The predicted octanol–water partition coefficient (Wildman–Crippen LogP) is -0.105. The average Bonchev–Trinajstić information content (AvgIpc) is 2.30. The molecular formula is C9H14N4O.